The van der Waals surface area contributed by atoms with E-state index in [0.29, 0.717) is 6.07 Å². The Kier molecular flexibility index (Phi) is 7.37. The van der Waals surface area contributed by atoms with Crippen molar-refractivity contribution in [1.82, 2.24) is 0 Å². The maximum atomic E-state index is 14.2. The van der Waals surface area contributed by atoms with Crippen molar-refractivity contribution < 1.29 is 49.0 Å². The molecule has 0 saturated carbocycles. The molecule has 5 aromatic carbocycles. The number of rotatable bonds is 3. The minimum absolute atomic E-state index is 0.0184. The van der Waals surface area contributed by atoms with Crippen LogP contribution in [0.1, 0.15) is 11.1 Å². The maximum Gasteiger partial charge on any atom is 0.416 e. The van der Waals surface area contributed by atoms with Gasteiger partial charge in [-0.2, -0.15) is 26.3 Å². The Hall–Kier alpha value is -4.59. The number of phenols is 1. The van der Waals surface area contributed by atoms with E-state index in [-0.39, 0.29) is 38.4 Å². The zero-order chi connectivity index (χ0) is 31.4. The van der Waals surface area contributed by atoms with Crippen LogP contribution in [0.15, 0.2) is 66.7 Å². The Bertz CT molecular complexity index is 1940. The largest absolute Gasteiger partial charge is 0.507 e. The summed E-state index contributed by atoms with van der Waals surface area (Å²) in [5, 5.41) is 15.4. The predicted octanol–water partition coefficient (Wildman–Crippen LogP) is 9.77. The highest BCUT2D eigenvalue weighted by Gasteiger charge is 2.32. The van der Waals surface area contributed by atoms with Gasteiger partial charge in [-0.25, -0.2) is 17.6 Å². The smallest absolute Gasteiger partial charge is 0.416 e. The van der Waals surface area contributed by atoms with Crippen molar-refractivity contribution in [1.29, 1.82) is 0 Å². The number of halogens is 10. The first-order valence-corrected chi connectivity index (χ1v) is 12.4. The van der Waals surface area contributed by atoms with Crippen LogP contribution in [0.25, 0.3) is 32.7 Å². The van der Waals surface area contributed by atoms with Crippen LogP contribution in [-0.4, -0.2) is 10.2 Å². The van der Waals surface area contributed by atoms with Gasteiger partial charge in [0, 0.05) is 22.9 Å². The highest BCUT2D eigenvalue weighted by atomic mass is 32.1. The Morgan fingerprint density at radius 1 is 0.581 bits per heavy atom. The van der Waals surface area contributed by atoms with Gasteiger partial charge in [0.15, 0.2) is 28.4 Å². The lowest BCUT2D eigenvalue weighted by Crippen LogP contribution is -2.21. The number of phenolic OH excluding ortho intramolecular Hbond substituents is 1. The zero-order valence-corrected chi connectivity index (χ0v) is 21.8. The van der Waals surface area contributed by atoms with Crippen molar-refractivity contribution in [3.8, 4) is 16.9 Å². The predicted molar refractivity (Wildman–Crippen MR) is 145 cm³/mol. The van der Waals surface area contributed by atoms with Crippen molar-refractivity contribution >= 4 is 50.2 Å². The number of thiocarbonyl (C=S) groups is 1. The molecule has 0 aromatic heterocycles. The summed E-state index contributed by atoms with van der Waals surface area (Å²) in [6.07, 6.45) is -9.41. The average molecular weight is 628 g/mol. The number of hydrogen-bond donors (Lipinski definition) is 3. The summed E-state index contributed by atoms with van der Waals surface area (Å²) in [5.74, 6) is -8.16. The minimum Gasteiger partial charge on any atom is -0.507 e. The van der Waals surface area contributed by atoms with Gasteiger partial charge in [0.25, 0.3) is 0 Å². The molecule has 14 heteroatoms. The van der Waals surface area contributed by atoms with Crippen LogP contribution in [0.4, 0.5) is 55.3 Å². The summed E-state index contributed by atoms with van der Waals surface area (Å²) in [4.78, 5) is 0. The van der Waals surface area contributed by atoms with Gasteiger partial charge in [-0.3, -0.25) is 0 Å². The van der Waals surface area contributed by atoms with E-state index < -0.39 is 63.3 Å². The average Bonchev–Trinajstić information content (AvgIpc) is 2.93. The second kappa shape index (κ2) is 10.6. The summed E-state index contributed by atoms with van der Waals surface area (Å²) in [6, 6.07) is 10.4. The summed E-state index contributed by atoms with van der Waals surface area (Å²) in [6.45, 7) is 0. The molecule has 5 rings (SSSR count). The minimum atomic E-state index is -4.71. The first-order chi connectivity index (χ1) is 20.1. The van der Waals surface area contributed by atoms with E-state index in [4.69, 9.17) is 12.2 Å². The number of hydrogen-bond acceptors (Lipinski definition) is 2. The second-order valence-electron chi connectivity index (χ2n) is 9.24. The van der Waals surface area contributed by atoms with Gasteiger partial charge in [-0.1, -0.05) is 24.3 Å². The van der Waals surface area contributed by atoms with Gasteiger partial charge in [0.05, 0.1) is 16.8 Å². The Balaban J connectivity index is 1.71. The summed E-state index contributed by atoms with van der Waals surface area (Å²) < 4.78 is 136. The molecule has 0 aliphatic carbocycles. The molecule has 5 aromatic rings. The number of nitrogens with one attached hydrogen (secondary N) is 2. The summed E-state index contributed by atoms with van der Waals surface area (Å²) >= 11 is 5.12. The van der Waals surface area contributed by atoms with Crippen LogP contribution in [0.5, 0.6) is 5.75 Å². The number of anilines is 2. The van der Waals surface area contributed by atoms with Gasteiger partial charge in [-0.05, 0) is 70.2 Å². The molecule has 0 fully saturated rings. The molecule has 0 amide bonds. The maximum absolute atomic E-state index is 14.2. The van der Waals surface area contributed by atoms with Crippen LogP contribution < -0.4 is 10.6 Å². The standard InChI is InChI=1S/C29H14F10N2OS/c30-18-11-20(25(32)26(33)24(18)31)41-27(43)40-19-7-1-12-9-14(28(34,35)36)3-5-16(12)22(19)23-17-6-4-15(29(37,38)39)10-13(17)2-8-21(23)42/h1-11,42H,(H2,40,41,43). The van der Waals surface area contributed by atoms with E-state index in [9.17, 15) is 49.0 Å². The molecule has 0 aliphatic rings. The van der Waals surface area contributed by atoms with Crippen molar-refractivity contribution in [2.45, 2.75) is 12.4 Å². The molecule has 3 nitrogen and oxygen atoms in total. The van der Waals surface area contributed by atoms with Gasteiger partial charge in [0.1, 0.15) is 5.75 Å². The number of aromatic hydroxyl groups is 1. The van der Waals surface area contributed by atoms with E-state index in [1.807, 2.05) is 0 Å². The zero-order valence-electron chi connectivity index (χ0n) is 21.0. The van der Waals surface area contributed by atoms with Crippen LogP contribution >= 0.6 is 12.2 Å². The van der Waals surface area contributed by atoms with E-state index >= 15 is 0 Å². The highest BCUT2D eigenvalue weighted by Crippen LogP contribution is 2.46. The molecular formula is C29H14F10N2OS. The molecule has 222 valence electrons. The first-order valence-electron chi connectivity index (χ1n) is 11.9. The third kappa shape index (κ3) is 5.61. The molecule has 0 radical (unpaired) electrons. The molecule has 0 aliphatic heterocycles. The van der Waals surface area contributed by atoms with E-state index in [2.05, 4.69) is 10.6 Å². The van der Waals surface area contributed by atoms with E-state index in [0.717, 1.165) is 42.5 Å². The fourth-order valence-electron chi connectivity index (χ4n) is 4.58. The van der Waals surface area contributed by atoms with E-state index in [1.54, 1.807) is 0 Å². The van der Waals surface area contributed by atoms with Crippen molar-refractivity contribution in [3.63, 3.8) is 0 Å². The molecule has 0 heterocycles. The summed E-state index contributed by atoms with van der Waals surface area (Å²) in [7, 11) is 0. The highest BCUT2D eigenvalue weighted by molar-refractivity contribution is 7.80. The quantitative estimate of drug-likeness (QED) is 0.0806. The normalized spacial score (nSPS) is 12.1. The number of benzene rings is 5. The number of fused-ring (bicyclic) bond motifs is 2. The molecule has 43 heavy (non-hydrogen) atoms. The van der Waals surface area contributed by atoms with Crippen molar-refractivity contribution in [3.05, 3.63) is 101 Å². The third-order valence-electron chi connectivity index (χ3n) is 6.52. The fourth-order valence-corrected chi connectivity index (χ4v) is 4.80. The van der Waals surface area contributed by atoms with Crippen molar-refractivity contribution in [2.24, 2.45) is 0 Å². The molecule has 0 saturated heterocycles. The summed E-state index contributed by atoms with van der Waals surface area (Å²) in [5.41, 5.74) is -3.04. The topological polar surface area (TPSA) is 44.3 Å². The fraction of sp³-hybridized carbons (Fsp3) is 0.0690. The lowest BCUT2D eigenvalue weighted by atomic mass is 9.90. The molecule has 0 atom stereocenters. The Morgan fingerprint density at radius 2 is 1.09 bits per heavy atom. The van der Waals surface area contributed by atoms with Gasteiger partial charge < -0.3 is 15.7 Å². The van der Waals surface area contributed by atoms with Gasteiger partial charge in [-0.15, -0.1) is 0 Å². The van der Waals surface area contributed by atoms with Crippen LogP contribution in [0.3, 0.4) is 0 Å². The monoisotopic (exact) mass is 628 g/mol. The van der Waals surface area contributed by atoms with Crippen LogP contribution in [-0.2, 0) is 12.4 Å². The molecule has 3 N–H and O–H groups in total. The lowest BCUT2D eigenvalue weighted by molar-refractivity contribution is -0.138. The molecule has 0 spiro atoms. The third-order valence-corrected chi connectivity index (χ3v) is 6.73. The SMILES string of the molecule is Oc1ccc2cc(C(F)(F)F)ccc2c1-c1c(NC(=S)Nc2cc(F)c(F)c(F)c2F)ccc2cc(C(F)(F)F)ccc12. The molecule has 0 unspecified atom stereocenters. The van der Waals surface area contributed by atoms with Gasteiger partial charge in [0.2, 0.25) is 0 Å². The second-order valence-corrected chi connectivity index (χ2v) is 9.65. The van der Waals surface area contributed by atoms with E-state index in [1.165, 1.54) is 18.2 Å². The van der Waals surface area contributed by atoms with Gasteiger partial charge >= 0.3 is 12.4 Å². The Morgan fingerprint density at radius 3 is 1.65 bits per heavy atom. The van der Waals surface area contributed by atoms with Crippen LogP contribution in [0, 0.1) is 23.3 Å². The number of alkyl halides is 6. The first kappa shape index (κ1) is 29.9. The Labute approximate surface area is 240 Å². The van der Waals surface area contributed by atoms with Crippen LogP contribution in [0.2, 0.25) is 0 Å². The molecule has 0 bridgehead atoms. The lowest BCUT2D eigenvalue weighted by Gasteiger charge is -2.20. The molecular weight excluding hydrogens is 614 g/mol. The van der Waals surface area contributed by atoms with Crippen molar-refractivity contribution in [2.75, 3.05) is 10.6 Å².